The Kier molecular flexibility index (Phi) is 6.84. The number of allylic oxidation sites excluding steroid dienone is 1. The Morgan fingerprint density at radius 3 is 2.70 bits per heavy atom. The fourth-order valence-electron chi connectivity index (χ4n) is 1.69. The van der Waals surface area contributed by atoms with Crippen LogP contribution in [0.15, 0.2) is 43.2 Å². The molecule has 0 bridgehead atoms. The fourth-order valence-corrected chi connectivity index (χ4v) is 1.69. The van der Waals surface area contributed by atoms with Gasteiger partial charge in [0.15, 0.2) is 0 Å². The minimum Gasteiger partial charge on any atom is -0.463 e. The lowest BCUT2D eigenvalue weighted by Crippen LogP contribution is -2.21. The van der Waals surface area contributed by atoms with Gasteiger partial charge in [0, 0.05) is 18.7 Å². The van der Waals surface area contributed by atoms with Crippen molar-refractivity contribution in [2.24, 2.45) is 0 Å². The first-order valence-corrected chi connectivity index (χ1v) is 6.51. The first kappa shape index (κ1) is 16.3. The van der Waals surface area contributed by atoms with E-state index in [0.29, 0.717) is 18.1 Å². The molecule has 0 aromatic heterocycles. The van der Waals surface area contributed by atoms with Crippen LogP contribution < -0.4 is 0 Å². The first-order valence-electron chi connectivity index (χ1n) is 6.51. The average Bonchev–Trinajstić information content (AvgIpc) is 2.38. The van der Waals surface area contributed by atoms with Crippen molar-refractivity contribution in [3.05, 3.63) is 54.3 Å². The van der Waals surface area contributed by atoms with Crippen LogP contribution in [0.5, 0.6) is 0 Å². The number of hydrogen-bond donors (Lipinski definition) is 1. The number of aliphatic hydroxyl groups is 1. The molecule has 0 spiro atoms. The standard InChI is InChI=1S/C16H23NO3/c1-13(2)19-12-20-14(3)16-7-5-6-15(10-16)11-17(4)8-9-18/h5-7,10,18H,1,3,8-9,11-12H2,2,4H3. The summed E-state index contributed by atoms with van der Waals surface area (Å²) in [7, 11) is 1.97. The molecule has 0 aliphatic carbocycles. The van der Waals surface area contributed by atoms with Crippen LogP contribution in [0.1, 0.15) is 18.1 Å². The van der Waals surface area contributed by atoms with Crippen molar-refractivity contribution < 1.29 is 14.6 Å². The summed E-state index contributed by atoms with van der Waals surface area (Å²) >= 11 is 0. The number of benzene rings is 1. The number of hydrogen-bond acceptors (Lipinski definition) is 4. The second-order valence-electron chi connectivity index (χ2n) is 4.69. The van der Waals surface area contributed by atoms with Crippen molar-refractivity contribution in [3.8, 4) is 0 Å². The molecule has 0 unspecified atom stereocenters. The molecule has 20 heavy (non-hydrogen) atoms. The molecule has 1 rings (SSSR count). The summed E-state index contributed by atoms with van der Waals surface area (Å²) in [5.41, 5.74) is 2.06. The molecule has 1 aromatic rings. The molecule has 0 saturated carbocycles. The lowest BCUT2D eigenvalue weighted by molar-refractivity contribution is 0.0429. The Morgan fingerprint density at radius 2 is 2.05 bits per heavy atom. The first-order chi connectivity index (χ1) is 9.52. The molecule has 0 heterocycles. The maximum Gasteiger partial charge on any atom is 0.230 e. The quantitative estimate of drug-likeness (QED) is 0.556. The second kappa shape index (κ2) is 8.40. The van der Waals surface area contributed by atoms with Gasteiger partial charge in [-0.1, -0.05) is 31.4 Å². The van der Waals surface area contributed by atoms with Gasteiger partial charge in [0.1, 0.15) is 5.76 Å². The highest BCUT2D eigenvalue weighted by Gasteiger charge is 2.04. The normalized spacial score (nSPS) is 10.4. The van der Waals surface area contributed by atoms with Crippen LogP contribution in [0.3, 0.4) is 0 Å². The lowest BCUT2D eigenvalue weighted by atomic mass is 10.1. The van der Waals surface area contributed by atoms with Crippen LogP contribution in [0.2, 0.25) is 0 Å². The Balaban J connectivity index is 2.58. The molecule has 0 saturated heterocycles. The topological polar surface area (TPSA) is 41.9 Å². The molecule has 0 aliphatic rings. The summed E-state index contributed by atoms with van der Waals surface area (Å²) in [4.78, 5) is 2.05. The molecule has 0 amide bonds. The highest BCUT2D eigenvalue weighted by Crippen LogP contribution is 2.16. The summed E-state index contributed by atoms with van der Waals surface area (Å²) in [6.07, 6.45) is 0. The Bertz CT molecular complexity index is 457. The van der Waals surface area contributed by atoms with Crippen LogP contribution in [0, 0.1) is 0 Å². The lowest BCUT2D eigenvalue weighted by Gasteiger charge is -2.16. The summed E-state index contributed by atoms with van der Waals surface area (Å²) in [6.45, 7) is 11.0. The molecule has 1 aromatic carbocycles. The van der Waals surface area contributed by atoms with Crippen molar-refractivity contribution in [1.29, 1.82) is 0 Å². The molecule has 4 nitrogen and oxygen atoms in total. The van der Waals surface area contributed by atoms with Crippen molar-refractivity contribution in [2.75, 3.05) is 27.0 Å². The Hall–Kier alpha value is -1.78. The molecule has 0 aliphatic heterocycles. The van der Waals surface area contributed by atoms with Crippen molar-refractivity contribution in [2.45, 2.75) is 13.5 Å². The predicted octanol–water partition coefficient (Wildman–Crippen LogP) is 2.61. The molecular weight excluding hydrogens is 254 g/mol. The van der Waals surface area contributed by atoms with E-state index < -0.39 is 0 Å². The van der Waals surface area contributed by atoms with Gasteiger partial charge in [-0.3, -0.25) is 4.90 Å². The summed E-state index contributed by atoms with van der Waals surface area (Å²) in [5.74, 6) is 1.18. The zero-order valence-corrected chi connectivity index (χ0v) is 12.3. The van der Waals surface area contributed by atoms with E-state index in [1.807, 2.05) is 36.2 Å². The predicted molar refractivity (Wildman–Crippen MR) is 80.7 cm³/mol. The van der Waals surface area contributed by atoms with Crippen molar-refractivity contribution in [1.82, 2.24) is 4.90 Å². The third-order valence-corrected chi connectivity index (χ3v) is 2.72. The number of ether oxygens (including phenoxy) is 2. The monoisotopic (exact) mass is 277 g/mol. The van der Waals surface area contributed by atoms with E-state index in [1.54, 1.807) is 6.92 Å². The van der Waals surface area contributed by atoms with Crippen LogP contribution in [0.25, 0.3) is 5.76 Å². The van der Waals surface area contributed by atoms with Crippen molar-refractivity contribution >= 4 is 5.76 Å². The average molecular weight is 277 g/mol. The zero-order valence-electron chi connectivity index (χ0n) is 12.3. The van der Waals surface area contributed by atoms with Gasteiger partial charge in [-0.25, -0.2) is 0 Å². The van der Waals surface area contributed by atoms with Crippen molar-refractivity contribution in [3.63, 3.8) is 0 Å². The maximum absolute atomic E-state index is 8.90. The highest BCUT2D eigenvalue weighted by molar-refractivity contribution is 5.58. The Morgan fingerprint density at radius 1 is 1.30 bits per heavy atom. The van der Waals surface area contributed by atoms with E-state index in [2.05, 4.69) is 13.2 Å². The summed E-state index contributed by atoms with van der Waals surface area (Å²) in [5, 5.41) is 8.90. The van der Waals surface area contributed by atoms with Gasteiger partial charge in [-0.15, -0.1) is 0 Å². The maximum atomic E-state index is 8.90. The van der Waals surface area contributed by atoms with Gasteiger partial charge >= 0.3 is 0 Å². The highest BCUT2D eigenvalue weighted by atomic mass is 16.7. The summed E-state index contributed by atoms with van der Waals surface area (Å²) < 4.78 is 10.6. The van der Waals surface area contributed by atoms with Crippen LogP contribution in [-0.2, 0) is 16.0 Å². The molecule has 110 valence electrons. The third-order valence-electron chi connectivity index (χ3n) is 2.72. The van der Waals surface area contributed by atoms with Crippen LogP contribution >= 0.6 is 0 Å². The number of likely N-dealkylation sites (N-methyl/N-ethyl adjacent to an activating group) is 1. The van der Waals surface area contributed by atoms with Crippen LogP contribution in [0.4, 0.5) is 0 Å². The number of rotatable bonds is 9. The van der Waals surface area contributed by atoms with Crippen LogP contribution in [-0.4, -0.2) is 37.0 Å². The van der Waals surface area contributed by atoms with E-state index >= 15 is 0 Å². The fraction of sp³-hybridized carbons (Fsp3) is 0.375. The van der Waals surface area contributed by atoms with Gasteiger partial charge < -0.3 is 14.6 Å². The molecule has 0 atom stereocenters. The third kappa shape index (κ3) is 5.91. The minimum atomic E-state index is 0.114. The summed E-state index contributed by atoms with van der Waals surface area (Å²) in [6, 6.07) is 7.97. The minimum absolute atomic E-state index is 0.114. The van der Waals surface area contributed by atoms with Gasteiger partial charge in [0.25, 0.3) is 0 Å². The molecule has 4 heteroatoms. The van der Waals surface area contributed by atoms with E-state index in [-0.39, 0.29) is 13.4 Å². The van der Waals surface area contributed by atoms with E-state index in [1.165, 1.54) is 0 Å². The zero-order chi connectivity index (χ0) is 15.0. The van der Waals surface area contributed by atoms with Gasteiger partial charge in [-0.2, -0.15) is 0 Å². The SMILES string of the molecule is C=C(C)OCOC(=C)c1cccc(CN(C)CCO)c1. The molecule has 1 N–H and O–H groups in total. The van der Waals surface area contributed by atoms with Gasteiger partial charge in [-0.05, 0) is 25.6 Å². The second-order valence-corrected chi connectivity index (χ2v) is 4.69. The van der Waals surface area contributed by atoms with Gasteiger partial charge in [0.2, 0.25) is 6.79 Å². The largest absolute Gasteiger partial charge is 0.463 e. The molecule has 0 radical (unpaired) electrons. The van der Waals surface area contributed by atoms with E-state index in [0.717, 1.165) is 17.7 Å². The molecular formula is C16H23NO3. The molecule has 0 fully saturated rings. The van der Waals surface area contributed by atoms with E-state index in [9.17, 15) is 0 Å². The Labute approximate surface area is 120 Å². The number of aliphatic hydroxyl groups excluding tert-OH is 1. The van der Waals surface area contributed by atoms with E-state index in [4.69, 9.17) is 14.6 Å². The number of nitrogens with zero attached hydrogens (tertiary/aromatic N) is 1. The van der Waals surface area contributed by atoms with Gasteiger partial charge in [0.05, 0.1) is 12.4 Å². The smallest absolute Gasteiger partial charge is 0.230 e.